The minimum Gasteiger partial charge on any atom is -0.384 e. The standard InChI is InChI=1S/C36H50N8O9S2/c1-35(2,50)29-18-38-42-44(29)25-17-28(33(48)40-36(30(45)31(37)46)12-14-54-15-13-36)43(19-25)34(49)27(16-22-6-4-3-5-7-22)39-32(47)23-8-10-26(11-9-23)55(51,52)41-24-20-53-21-24/h8-11,18,22,24-25,27-28,41,50H,3-7,12-17,19-21H2,1-2H3,(H2,37,46)(H,39,47)(H,40,48)/t25-,27+,28-/m0/s1. The summed E-state index contributed by atoms with van der Waals surface area (Å²) >= 11 is 1.58. The van der Waals surface area contributed by atoms with Crippen molar-refractivity contribution in [3.63, 3.8) is 0 Å². The minimum atomic E-state index is -3.84. The number of rotatable bonds is 14. The Morgan fingerprint density at radius 3 is 2.35 bits per heavy atom. The molecule has 55 heavy (non-hydrogen) atoms. The second kappa shape index (κ2) is 16.7. The minimum absolute atomic E-state index is 0.0227. The van der Waals surface area contributed by atoms with Crippen LogP contribution in [0.4, 0.5) is 0 Å². The van der Waals surface area contributed by atoms with Crippen molar-refractivity contribution in [1.29, 1.82) is 0 Å². The van der Waals surface area contributed by atoms with Gasteiger partial charge in [-0.05, 0) is 74.8 Å². The van der Waals surface area contributed by atoms with Gasteiger partial charge in [0.2, 0.25) is 27.6 Å². The fraction of sp³-hybridized carbons (Fsp3) is 0.639. The van der Waals surface area contributed by atoms with E-state index in [0.29, 0.717) is 23.6 Å². The van der Waals surface area contributed by atoms with Crippen LogP contribution in [0.2, 0.25) is 0 Å². The lowest BCUT2D eigenvalue weighted by Gasteiger charge is -2.37. The van der Waals surface area contributed by atoms with E-state index >= 15 is 0 Å². The number of amides is 4. The maximum absolute atomic E-state index is 14.8. The Morgan fingerprint density at radius 2 is 1.75 bits per heavy atom. The van der Waals surface area contributed by atoms with Crippen molar-refractivity contribution in [2.45, 2.75) is 112 Å². The Kier molecular flexibility index (Phi) is 12.4. The number of hydrogen-bond donors (Lipinski definition) is 5. The molecule has 3 atom stereocenters. The van der Waals surface area contributed by atoms with E-state index < -0.39 is 68.7 Å². The number of ketones is 1. The highest BCUT2D eigenvalue weighted by Gasteiger charge is 2.49. The molecule has 2 aromatic rings. The number of aliphatic hydroxyl groups is 1. The molecular formula is C36H50N8O9S2. The Labute approximate surface area is 324 Å². The lowest BCUT2D eigenvalue weighted by Crippen LogP contribution is -2.63. The molecule has 0 unspecified atom stereocenters. The zero-order valence-corrected chi connectivity index (χ0v) is 32.7. The van der Waals surface area contributed by atoms with E-state index in [1.165, 1.54) is 40.0 Å². The van der Waals surface area contributed by atoms with Gasteiger partial charge in [-0.25, -0.2) is 17.8 Å². The lowest BCUT2D eigenvalue weighted by molar-refractivity contribution is -0.145. The van der Waals surface area contributed by atoms with Crippen molar-refractivity contribution in [2.24, 2.45) is 11.7 Å². The molecule has 1 saturated carbocycles. The van der Waals surface area contributed by atoms with Gasteiger partial charge in [-0.1, -0.05) is 37.3 Å². The molecule has 19 heteroatoms. The van der Waals surface area contributed by atoms with E-state index in [-0.39, 0.29) is 61.4 Å². The first-order valence-corrected chi connectivity index (χ1v) is 21.4. The third-order valence-corrected chi connectivity index (χ3v) is 13.6. The molecule has 3 saturated heterocycles. The Hall–Kier alpha value is -3.91. The number of benzene rings is 1. The molecule has 1 aliphatic carbocycles. The number of sulfonamides is 1. The molecule has 17 nitrogen and oxygen atoms in total. The Morgan fingerprint density at radius 1 is 1.07 bits per heavy atom. The number of thioether (sulfide) groups is 1. The molecule has 4 amide bonds. The zero-order chi connectivity index (χ0) is 39.5. The van der Waals surface area contributed by atoms with Gasteiger partial charge in [0.05, 0.1) is 42.1 Å². The Balaban J connectivity index is 1.29. The van der Waals surface area contributed by atoms with Gasteiger partial charge in [0.1, 0.15) is 23.2 Å². The molecule has 4 heterocycles. The lowest BCUT2D eigenvalue weighted by atomic mass is 9.84. The molecule has 1 aromatic carbocycles. The quantitative estimate of drug-likeness (QED) is 0.164. The van der Waals surface area contributed by atoms with Gasteiger partial charge < -0.3 is 31.1 Å². The second-order valence-corrected chi connectivity index (χ2v) is 18.5. The number of hydrogen-bond acceptors (Lipinski definition) is 12. The van der Waals surface area contributed by atoms with Gasteiger partial charge in [-0.3, -0.25) is 24.0 Å². The van der Waals surface area contributed by atoms with Crippen LogP contribution in [0, 0.1) is 5.92 Å². The number of nitrogens with zero attached hydrogens (tertiary/aromatic N) is 4. The summed E-state index contributed by atoms with van der Waals surface area (Å²) in [7, 11) is -3.84. The van der Waals surface area contributed by atoms with Crippen LogP contribution in [0.3, 0.4) is 0 Å². The van der Waals surface area contributed by atoms with Crippen LogP contribution in [0.5, 0.6) is 0 Å². The average molecular weight is 803 g/mol. The SMILES string of the molecule is CC(C)(O)c1cnnn1[C@H]1C[C@@H](C(=O)NC2(C(=O)C(N)=O)CCSCC2)N(C(=O)[C@@H](CC2CCCCC2)NC(=O)c2ccc(S(=O)(=O)NC3COC3)cc2)C1. The van der Waals surface area contributed by atoms with E-state index in [0.717, 1.165) is 32.1 Å². The molecule has 4 aliphatic rings. The van der Waals surface area contributed by atoms with Gasteiger partial charge in [0.15, 0.2) is 0 Å². The zero-order valence-electron chi connectivity index (χ0n) is 31.1. The van der Waals surface area contributed by atoms with E-state index in [4.69, 9.17) is 10.5 Å². The summed E-state index contributed by atoms with van der Waals surface area (Å²) in [5.41, 5.74) is 3.07. The summed E-state index contributed by atoms with van der Waals surface area (Å²) in [6, 6.07) is 2.26. The average Bonchev–Trinajstić information content (AvgIpc) is 3.82. The van der Waals surface area contributed by atoms with Crippen LogP contribution in [0.25, 0.3) is 0 Å². The molecule has 0 radical (unpaired) electrons. The predicted octanol–water partition coefficient (Wildman–Crippen LogP) is 0.530. The van der Waals surface area contributed by atoms with Gasteiger partial charge in [0.25, 0.3) is 11.8 Å². The van der Waals surface area contributed by atoms with Gasteiger partial charge >= 0.3 is 0 Å². The van der Waals surface area contributed by atoms with E-state index in [1.54, 1.807) is 25.6 Å². The topological polar surface area (TPSA) is 245 Å². The molecule has 6 N–H and O–H groups in total. The molecular weight excluding hydrogens is 753 g/mol. The van der Waals surface area contributed by atoms with E-state index in [2.05, 4.69) is 25.7 Å². The van der Waals surface area contributed by atoms with E-state index in [1.807, 2.05) is 0 Å². The number of carbonyl (C=O) groups excluding carboxylic acids is 5. The first-order valence-electron chi connectivity index (χ1n) is 18.8. The molecule has 3 aliphatic heterocycles. The summed E-state index contributed by atoms with van der Waals surface area (Å²) in [5, 5.41) is 24.8. The molecule has 6 rings (SSSR count). The van der Waals surface area contributed by atoms with E-state index in [9.17, 15) is 37.5 Å². The number of aromatic nitrogens is 3. The molecule has 300 valence electrons. The fourth-order valence-corrected chi connectivity index (χ4v) is 10.3. The first-order chi connectivity index (χ1) is 26.1. The number of Topliss-reactive ketones (excluding diaryl/α,β-unsaturated/α-hetero) is 1. The summed E-state index contributed by atoms with van der Waals surface area (Å²) in [6.45, 7) is 3.67. The van der Waals surface area contributed by atoms with Crippen LogP contribution < -0.4 is 21.1 Å². The summed E-state index contributed by atoms with van der Waals surface area (Å²) in [5.74, 6) is -2.68. The molecule has 0 bridgehead atoms. The number of nitrogens with one attached hydrogen (secondary N) is 3. The highest BCUT2D eigenvalue weighted by atomic mass is 32.2. The normalized spacial score (nSPS) is 22.7. The first kappa shape index (κ1) is 40.7. The second-order valence-electron chi connectivity index (χ2n) is 15.5. The van der Waals surface area contributed by atoms with Crippen LogP contribution in [-0.2, 0) is 39.5 Å². The monoisotopic (exact) mass is 802 g/mol. The third-order valence-electron chi connectivity index (χ3n) is 11.1. The van der Waals surface area contributed by atoms with Crippen molar-refractivity contribution in [1.82, 2.24) is 35.2 Å². The molecule has 0 spiro atoms. The van der Waals surface area contributed by atoms with Crippen molar-refractivity contribution in [3.8, 4) is 0 Å². The van der Waals surface area contributed by atoms with Crippen molar-refractivity contribution in [2.75, 3.05) is 31.3 Å². The largest absolute Gasteiger partial charge is 0.384 e. The van der Waals surface area contributed by atoms with Crippen molar-refractivity contribution < 1.29 is 42.2 Å². The number of ether oxygens (including phenoxy) is 1. The van der Waals surface area contributed by atoms with Gasteiger partial charge in [-0.15, -0.1) is 5.10 Å². The number of carbonyl (C=O) groups is 5. The fourth-order valence-electron chi connectivity index (χ4n) is 7.91. The summed E-state index contributed by atoms with van der Waals surface area (Å²) < 4.78 is 34.8. The van der Waals surface area contributed by atoms with Crippen molar-refractivity contribution in [3.05, 3.63) is 41.7 Å². The van der Waals surface area contributed by atoms with Crippen molar-refractivity contribution >= 4 is 51.2 Å². The summed E-state index contributed by atoms with van der Waals surface area (Å²) in [6.07, 6.45) is 6.89. The number of likely N-dealkylation sites (tertiary alicyclic amines) is 1. The maximum atomic E-state index is 14.8. The predicted molar refractivity (Wildman–Crippen MR) is 200 cm³/mol. The smallest absolute Gasteiger partial charge is 0.287 e. The summed E-state index contributed by atoms with van der Waals surface area (Å²) in [4.78, 5) is 69.7. The van der Waals surface area contributed by atoms with Crippen LogP contribution >= 0.6 is 11.8 Å². The number of nitrogens with two attached hydrogens (primary N) is 1. The van der Waals surface area contributed by atoms with Crippen LogP contribution in [0.1, 0.15) is 93.7 Å². The molecule has 1 aromatic heterocycles. The Bertz CT molecular complexity index is 1870. The number of primary amides is 1. The highest BCUT2D eigenvalue weighted by molar-refractivity contribution is 7.99. The third kappa shape index (κ3) is 9.22. The molecule has 4 fully saturated rings. The highest BCUT2D eigenvalue weighted by Crippen LogP contribution is 2.35. The van der Waals surface area contributed by atoms with Crippen LogP contribution in [0.15, 0.2) is 35.4 Å². The van der Waals surface area contributed by atoms with Gasteiger partial charge in [-0.2, -0.15) is 11.8 Å². The maximum Gasteiger partial charge on any atom is 0.287 e. The van der Waals surface area contributed by atoms with Crippen LogP contribution in [-0.4, -0.2) is 118 Å². The van der Waals surface area contributed by atoms with Gasteiger partial charge in [0, 0.05) is 18.5 Å².